The summed E-state index contributed by atoms with van der Waals surface area (Å²) in [5.41, 5.74) is 17.9. The van der Waals surface area contributed by atoms with E-state index in [0.717, 1.165) is 16.5 Å². The number of hydrogen-bond donors (Lipinski definition) is 8. The lowest BCUT2D eigenvalue weighted by atomic mass is 9.96. The molecule has 0 radical (unpaired) electrons. The van der Waals surface area contributed by atoms with Crippen molar-refractivity contribution in [2.45, 2.75) is 70.6 Å². The number of amides is 3. The third kappa shape index (κ3) is 9.28. The molecular formula is C26H40N8O5. The Labute approximate surface area is 227 Å². The van der Waals surface area contributed by atoms with Crippen LogP contribution in [0.4, 0.5) is 0 Å². The number of hydrogen-bond acceptors (Lipinski definition) is 6. The first-order chi connectivity index (χ1) is 18.4. The summed E-state index contributed by atoms with van der Waals surface area (Å²) >= 11 is 0. The molecule has 0 saturated carbocycles. The number of carbonyl (C=O) groups is 4. The third-order valence-electron chi connectivity index (χ3n) is 6.50. The zero-order chi connectivity index (χ0) is 29.1. The van der Waals surface area contributed by atoms with Gasteiger partial charge in [-0.15, -0.1) is 0 Å². The molecule has 0 bridgehead atoms. The number of aromatic nitrogens is 1. The Balaban J connectivity index is 2.19. The molecule has 0 fully saturated rings. The monoisotopic (exact) mass is 544 g/mol. The number of nitrogens with two attached hydrogens (primary N) is 3. The average molecular weight is 545 g/mol. The van der Waals surface area contributed by atoms with E-state index in [1.165, 1.54) is 6.92 Å². The molecule has 13 nitrogen and oxygen atoms in total. The van der Waals surface area contributed by atoms with E-state index in [0.29, 0.717) is 12.8 Å². The van der Waals surface area contributed by atoms with Gasteiger partial charge in [0.2, 0.25) is 17.7 Å². The van der Waals surface area contributed by atoms with Crippen molar-refractivity contribution < 1.29 is 24.3 Å². The van der Waals surface area contributed by atoms with Crippen molar-refractivity contribution in [2.75, 3.05) is 6.54 Å². The summed E-state index contributed by atoms with van der Waals surface area (Å²) in [6.45, 7) is 5.35. The van der Waals surface area contributed by atoms with Crippen LogP contribution in [0.25, 0.3) is 10.9 Å². The van der Waals surface area contributed by atoms with Gasteiger partial charge in [0.05, 0.1) is 6.04 Å². The SMILES string of the molecule is CCC(C)C(NC(=O)C(CCCN=C(N)N)NC(=O)C(C)N)C(=O)NC(Cc1c[nH]c2ccccc12)C(=O)O. The van der Waals surface area contributed by atoms with Crippen LogP contribution in [0.5, 0.6) is 0 Å². The largest absolute Gasteiger partial charge is 0.480 e. The molecule has 0 saturated heterocycles. The fraction of sp³-hybridized carbons (Fsp3) is 0.500. The highest BCUT2D eigenvalue weighted by atomic mass is 16.4. The first-order valence-corrected chi connectivity index (χ1v) is 12.9. The van der Waals surface area contributed by atoms with Crippen LogP contribution in [0.15, 0.2) is 35.5 Å². The van der Waals surface area contributed by atoms with Gasteiger partial charge >= 0.3 is 5.97 Å². The van der Waals surface area contributed by atoms with Crippen LogP contribution in [0.3, 0.4) is 0 Å². The van der Waals surface area contributed by atoms with Gasteiger partial charge in [0.1, 0.15) is 18.1 Å². The molecule has 0 aliphatic carbocycles. The minimum atomic E-state index is -1.23. The van der Waals surface area contributed by atoms with Crippen LogP contribution in [-0.4, -0.2) is 70.5 Å². The molecule has 13 heteroatoms. The third-order valence-corrected chi connectivity index (χ3v) is 6.50. The number of nitrogens with zero attached hydrogens (tertiary/aromatic N) is 1. The number of nitrogens with one attached hydrogen (secondary N) is 4. The summed E-state index contributed by atoms with van der Waals surface area (Å²) in [6.07, 6.45) is 2.86. The zero-order valence-corrected chi connectivity index (χ0v) is 22.6. The van der Waals surface area contributed by atoms with E-state index in [1.807, 2.05) is 31.2 Å². The molecule has 0 aliphatic rings. The van der Waals surface area contributed by atoms with Crippen LogP contribution in [0, 0.1) is 5.92 Å². The van der Waals surface area contributed by atoms with E-state index < -0.39 is 47.9 Å². The van der Waals surface area contributed by atoms with Gasteiger partial charge in [0.15, 0.2) is 5.96 Å². The van der Waals surface area contributed by atoms with Crippen LogP contribution >= 0.6 is 0 Å². The van der Waals surface area contributed by atoms with Gasteiger partial charge in [-0.1, -0.05) is 38.5 Å². The number of para-hydroxylation sites is 1. The number of aliphatic carboxylic acids is 1. The van der Waals surface area contributed by atoms with E-state index in [-0.39, 0.29) is 31.3 Å². The average Bonchev–Trinajstić information content (AvgIpc) is 3.30. The number of carboxylic acids is 1. The molecular weight excluding hydrogens is 504 g/mol. The number of benzene rings is 1. The Hall–Kier alpha value is -4.13. The van der Waals surface area contributed by atoms with Crippen molar-refractivity contribution >= 4 is 40.6 Å². The van der Waals surface area contributed by atoms with Gasteiger partial charge in [-0.05, 0) is 37.3 Å². The predicted octanol–water partition coefficient (Wildman–Crippen LogP) is -0.304. The lowest BCUT2D eigenvalue weighted by Gasteiger charge is -2.28. The van der Waals surface area contributed by atoms with E-state index in [2.05, 4.69) is 25.9 Å². The number of fused-ring (bicyclic) bond motifs is 1. The van der Waals surface area contributed by atoms with Crippen molar-refractivity contribution in [2.24, 2.45) is 28.1 Å². The molecule has 11 N–H and O–H groups in total. The zero-order valence-electron chi connectivity index (χ0n) is 22.6. The summed E-state index contributed by atoms with van der Waals surface area (Å²) < 4.78 is 0. The molecule has 39 heavy (non-hydrogen) atoms. The van der Waals surface area contributed by atoms with Crippen molar-refractivity contribution in [3.63, 3.8) is 0 Å². The number of H-pyrrole nitrogens is 1. The summed E-state index contributed by atoms with van der Waals surface area (Å²) in [7, 11) is 0. The Morgan fingerprint density at radius 3 is 2.28 bits per heavy atom. The molecule has 1 heterocycles. The van der Waals surface area contributed by atoms with Crippen LogP contribution in [0.1, 0.15) is 45.6 Å². The van der Waals surface area contributed by atoms with E-state index in [1.54, 1.807) is 13.1 Å². The van der Waals surface area contributed by atoms with Gasteiger partial charge in [0, 0.05) is 30.1 Å². The second kappa shape index (κ2) is 14.7. The predicted molar refractivity (Wildman–Crippen MR) is 148 cm³/mol. The molecule has 5 unspecified atom stereocenters. The lowest BCUT2D eigenvalue weighted by Crippen LogP contribution is -2.58. The molecule has 1 aromatic carbocycles. The van der Waals surface area contributed by atoms with Crippen molar-refractivity contribution in [1.29, 1.82) is 0 Å². The summed E-state index contributed by atoms with van der Waals surface area (Å²) in [6, 6.07) is 3.33. The highest BCUT2D eigenvalue weighted by Gasteiger charge is 2.32. The van der Waals surface area contributed by atoms with Crippen molar-refractivity contribution in [3.05, 3.63) is 36.0 Å². The molecule has 214 valence electrons. The summed E-state index contributed by atoms with van der Waals surface area (Å²) in [5.74, 6) is -3.40. The van der Waals surface area contributed by atoms with Crippen LogP contribution in [0.2, 0.25) is 0 Å². The summed E-state index contributed by atoms with van der Waals surface area (Å²) in [5, 5.41) is 18.6. The van der Waals surface area contributed by atoms with Gasteiger partial charge in [-0.3, -0.25) is 19.4 Å². The summed E-state index contributed by atoms with van der Waals surface area (Å²) in [4.78, 5) is 57.8. The minimum absolute atomic E-state index is 0.0458. The molecule has 2 aromatic rings. The maximum atomic E-state index is 13.3. The van der Waals surface area contributed by atoms with Crippen molar-refractivity contribution in [3.8, 4) is 0 Å². The van der Waals surface area contributed by atoms with Gasteiger partial charge in [-0.25, -0.2) is 4.79 Å². The van der Waals surface area contributed by atoms with E-state index in [9.17, 15) is 24.3 Å². The van der Waals surface area contributed by atoms with E-state index in [4.69, 9.17) is 17.2 Å². The first-order valence-electron chi connectivity index (χ1n) is 12.9. The number of guanidine groups is 1. The number of rotatable bonds is 15. The Bertz CT molecular complexity index is 1170. The maximum Gasteiger partial charge on any atom is 0.326 e. The topological polar surface area (TPSA) is 231 Å². The molecule has 0 spiro atoms. The number of aliphatic imine (C=N–C) groups is 1. The van der Waals surface area contributed by atoms with Gasteiger partial charge in [0.25, 0.3) is 0 Å². The van der Waals surface area contributed by atoms with Gasteiger partial charge < -0.3 is 43.2 Å². The molecule has 5 atom stereocenters. The Morgan fingerprint density at radius 1 is 1.00 bits per heavy atom. The van der Waals surface area contributed by atoms with E-state index >= 15 is 0 Å². The number of carbonyl (C=O) groups excluding carboxylic acids is 3. The fourth-order valence-corrected chi connectivity index (χ4v) is 4.01. The Morgan fingerprint density at radius 2 is 1.67 bits per heavy atom. The second-order valence-electron chi connectivity index (χ2n) is 9.63. The molecule has 1 aromatic heterocycles. The molecule has 0 aliphatic heterocycles. The molecule has 3 amide bonds. The first kappa shape index (κ1) is 31.1. The normalized spacial score (nSPS) is 14.9. The highest BCUT2D eigenvalue weighted by Crippen LogP contribution is 2.19. The molecule has 2 rings (SSSR count). The minimum Gasteiger partial charge on any atom is -0.480 e. The van der Waals surface area contributed by atoms with Crippen LogP contribution in [-0.2, 0) is 25.6 Å². The number of aromatic amines is 1. The maximum absolute atomic E-state index is 13.3. The van der Waals surface area contributed by atoms with Crippen molar-refractivity contribution in [1.82, 2.24) is 20.9 Å². The van der Waals surface area contributed by atoms with Crippen LogP contribution < -0.4 is 33.2 Å². The standard InChI is InChI=1S/C26H40N8O5/c1-4-14(2)21(34-23(36)19(32-22(35)15(3)27)10-7-11-30-26(28)29)24(37)33-20(25(38)39)12-16-13-31-18-9-6-5-8-17(16)18/h5-6,8-9,13-15,19-21,31H,4,7,10-12,27H2,1-3H3,(H,32,35)(H,33,37)(H,34,36)(H,38,39)(H4,28,29,30). The highest BCUT2D eigenvalue weighted by molar-refractivity contribution is 5.94. The quantitative estimate of drug-likeness (QED) is 0.0840. The Kier molecular flexibility index (Phi) is 11.7. The lowest BCUT2D eigenvalue weighted by molar-refractivity contribution is -0.142. The smallest absolute Gasteiger partial charge is 0.326 e. The second-order valence-corrected chi connectivity index (χ2v) is 9.63. The van der Waals surface area contributed by atoms with Gasteiger partial charge in [-0.2, -0.15) is 0 Å². The fourth-order valence-electron chi connectivity index (χ4n) is 4.01. The number of carboxylic acid groups (broad SMARTS) is 1.